The van der Waals surface area contributed by atoms with Crippen LogP contribution in [0.2, 0.25) is 5.15 Å². The summed E-state index contributed by atoms with van der Waals surface area (Å²) in [5.74, 6) is 1.72. The predicted octanol–water partition coefficient (Wildman–Crippen LogP) is 2.25. The SMILES string of the molecule is CSCc1nnc2cccc(Cl)n12. The van der Waals surface area contributed by atoms with Crippen molar-refractivity contribution in [2.24, 2.45) is 0 Å². The van der Waals surface area contributed by atoms with Crippen molar-refractivity contribution in [2.75, 3.05) is 6.26 Å². The zero-order valence-electron chi connectivity index (χ0n) is 7.07. The van der Waals surface area contributed by atoms with Gasteiger partial charge in [0.2, 0.25) is 0 Å². The molecular weight excluding hydrogens is 206 g/mol. The monoisotopic (exact) mass is 213 g/mol. The lowest BCUT2D eigenvalue weighted by atomic mass is 10.5. The van der Waals surface area contributed by atoms with Crippen LogP contribution >= 0.6 is 23.4 Å². The average Bonchev–Trinajstić information content (AvgIpc) is 2.51. The molecule has 0 aliphatic rings. The van der Waals surface area contributed by atoms with Crippen molar-refractivity contribution in [1.29, 1.82) is 0 Å². The van der Waals surface area contributed by atoms with Crippen LogP contribution in [-0.4, -0.2) is 20.9 Å². The van der Waals surface area contributed by atoms with Crippen LogP contribution in [-0.2, 0) is 5.75 Å². The summed E-state index contributed by atoms with van der Waals surface area (Å²) in [6, 6.07) is 5.60. The normalized spacial score (nSPS) is 10.9. The Labute approximate surface area is 85.1 Å². The van der Waals surface area contributed by atoms with Crippen molar-refractivity contribution in [2.45, 2.75) is 5.75 Å². The second-order valence-corrected chi connectivity index (χ2v) is 3.84. The number of thioether (sulfide) groups is 1. The van der Waals surface area contributed by atoms with Gasteiger partial charge in [-0.1, -0.05) is 17.7 Å². The highest BCUT2D eigenvalue weighted by Gasteiger charge is 2.06. The van der Waals surface area contributed by atoms with Gasteiger partial charge >= 0.3 is 0 Å². The summed E-state index contributed by atoms with van der Waals surface area (Å²) >= 11 is 7.71. The summed E-state index contributed by atoms with van der Waals surface area (Å²) in [6.07, 6.45) is 2.03. The molecule has 0 unspecified atom stereocenters. The third-order valence-electron chi connectivity index (χ3n) is 1.72. The maximum atomic E-state index is 6.01. The quantitative estimate of drug-likeness (QED) is 0.717. The van der Waals surface area contributed by atoms with Gasteiger partial charge in [-0.3, -0.25) is 4.40 Å². The molecule has 0 radical (unpaired) electrons. The number of hydrogen-bond acceptors (Lipinski definition) is 3. The first-order chi connectivity index (χ1) is 6.33. The van der Waals surface area contributed by atoms with E-state index >= 15 is 0 Å². The fourth-order valence-electron chi connectivity index (χ4n) is 1.18. The zero-order valence-corrected chi connectivity index (χ0v) is 8.64. The zero-order chi connectivity index (χ0) is 9.26. The van der Waals surface area contributed by atoms with Crippen molar-refractivity contribution < 1.29 is 0 Å². The minimum atomic E-state index is 0.659. The Kier molecular flexibility index (Phi) is 2.42. The largest absolute Gasteiger partial charge is 0.268 e. The molecule has 0 saturated heterocycles. The van der Waals surface area contributed by atoms with E-state index in [0.717, 1.165) is 17.2 Å². The second kappa shape index (κ2) is 3.55. The number of halogens is 1. The van der Waals surface area contributed by atoms with E-state index in [0.29, 0.717) is 5.15 Å². The molecule has 0 N–H and O–H groups in total. The number of pyridine rings is 1. The van der Waals surface area contributed by atoms with E-state index in [1.807, 2.05) is 28.9 Å². The molecule has 0 aliphatic heterocycles. The molecule has 0 saturated carbocycles. The molecule has 0 amide bonds. The molecule has 2 heterocycles. The maximum Gasteiger partial charge on any atom is 0.161 e. The summed E-state index contributed by atoms with van der Waals surface area (Å²) in [6.45, 7) is 0. The van der Waals surface area contributed by atoms with E-state index in [-0.39, 0.29) is 0 Å². The van der Waals surface area contributed by atoms with Gasteiger partial charge in [0.25, 0.3) is 0 Å². The third kappa shape index (κ3) is 1.51. The summed E-state index contributed by atoms with van der Waals surface area (Å²) in [7, 11) is 0. The average molecular weight is 214 g/mol. The molecule has 2 aromatic heterocycles. The maximum absolute atomic E-state index is 6.01. The first kappa shape index (κ1) is 8.84. The Morgan fingerprint density at radius 1 is 1.46 bits per heavy atom. The van der Waals surface area contributed by atoms with Crippen LogP contribution in [0.5, 0.6) is 0 Å². The lowest BCUT2D eigenvalue weighted by molar-refractivity contribution is 0.991. The molecule has 68 valence electrons. The van der Waals surface area contributed by atoms with Crippen molar-refractivity contribution in [3.05, 3.63) is 29.2 Å². The van der Waals surface area contributed by atoms with Crippen LogP contribution in [0.4, 0.5) is 0 Å². The molecule has 5 heteroatoms. The molecule has 0 aromatic carbocycles. The van der Waals surface area contributed by atoms with E-state index < -0.39 is 0 Å². The smallest absolute Gasteiger partial charge is 0.161 e. The van der Waals surface area contributed by atoms with E-state index in [4.69, 9.17) is 11.6 Å². The van der Waals surface area contributed by atoms with Crippen LogP contribution < -0.4 is 0 Å². The molecule has 2 aromatic rings. The predicted molar refractivity (Wildman–Crippen MR) is 55.2 cm³/mol. The van der Waals surface area contributed by atoms with Gasteiger partial charge in [0, 0.05) is 0 Å². The van der Waals surface area contributed by atoms with Crippen LogP contribution in [0, 0.1) is 0 Å². The first-order valence-electron chi connectivity index (χ1n) is 3.80. The standard InChI is InChI=1S/C8H8ClN3S/c1-13-5-8-11-10-7-4-2-3-6(9)12(7)8/h2-4H,5H2,1H3. The van der Waals surface area contributed by atoms with Gasteiger partial charge in [-0.15, -0.1) is 10.2 Å². The van der Waals surface area contributed by atoms with E-state index in [9.17, 15) is 0 Å². The summed E-state index contributed by atoms with van der Waals surface area (Å²) in [5, 5.41) is 8.73. The highest BCUT2D eigenvalue weighted by atomic mass is 35.5. The summed E-state index contributed by atoms with van der Waals surface area (Å²) in [4.78, 5) is 0. The molecule has 0 fully saturated rings. The topological polar surface area (TPSA) is 30.2 Å². The van der Waals surface area contributed by atoms with Crippen molar-refractivity contribution >= 4 is 29.0 Å². The number of fused-ring (bicyclic) bond motifs is 1. The number of nitrogens with zero attached hydrogens (tertiary/aromatic N) is 3. The van der Waals surface area contributed by atoms with Gasteiger partial charge in [-0.05, 0) is 18.4 Å². The van der Waals surface area contributed by atoms with Gasteiger partial charge in [0.05, 0.1) is 5.75 Å². The molecule has 0 aliphatic carbocycles. The highest BCUT2D eigenvalue weighted by molar-refractivity contribution is 7.97. The van der Waals surface area contributed by atoms with Gasteiger partial charge in [-0.25, -0.2) is 0 Å². The Bertz CT molecular complexity index is 426. The molecule has 13 heavy (non-hydrogen) atoms. The molecule has 0 spiro atoms. The fourth-order valence-corrected chi connectivity index (χ4v) is 1.88. The number of rotatable bonds is 2. The molecular formula is C8H8ClN3S. The third-order valence-corrected chi connectivity index (χ3v) is 2.56. The van der Waals surface area contributed by atoms with E-state index in [1.54, 1.807) is 11.8 Å². The lowest BCUT2D eigenvalue weighted by Crippen LogP contribution is -1.93. The van der Waals surface area contributed by atoms with Crippen molar-refractivity contribution in [3.8, 4) is 0 Å². The minimum absolute atomic E-state index is 0.659. The van der Waals surface area contributed by atoms with Crippen molar-refractivity contribution in [1.82, 2.24) is 14.6 Å². The summed E-state index contributed by atoms with van der Waals surface area (Å²) in [5.41, 5.74) is 0.802. The summed E-state index contributed by atoms with van der Waals surface area (Å²) < 4.78 is 1.86. The van der Waals surface area contributed by atoms with Gasteiger partial charge in [0.15, 0.2) is 5.65 Å². The van der Waals surface area contributed by atoms with Crippen LogP contribution in [0.15, 0.2) is 18.2 Å². The van der Waals surface area contributed by atoms with Gasteiger partial charge in [-0.2, -0.15) is 11.8 Å². The van der Waals surface area contributed by atoms with Crippen molar-refractivity contribution in [3.63, 3.8) is 0 Å². The van der Waals surface area contributed by atoms with Gasteiger partial charge in [0.1, 0.15) is 11.0 Å². The Hall–Kier alpha value is -0.740. The Balaban J connectivity index is 2.64. The molecule has 3 nitrogen and oxygen atoms in total. The first-order valence-corrected chi connectivity index (χ1v) is 5.57. The molecule has 0 bridgehead atoms. The second-order valence-electron chi connectivity index (χ2n) is 2.59. The van der Waals surface area contributed by atoms with E-state index in [1.165, 1.54) is 0 Å². The van der Waals surface area contributed by atoms with Crippen LogP contribution in [0.1, 0.15) is 5.82 Å². The Morgan fingerprint density at radius 3 is 3.08 bits per heavy atom. The highest BCUT2D eigenvalue weighted by Crippen LogP contribution is 2.15. The van der Waals surface area contributed by atoms with Crippen LogP contribution in [0.3, 0.4) is 0 Å². The molecule has 0 atom stereocenters. The van der Waals surface area contributed by atoms with Gasteiger partial charge < -0.3 is 0 Å². The minimum Gasteiger partial charge on any atom is -0.268 e. The lowest BCUT2D eigenvalue weighted by Gasteiger charge is -1.99. The Morgan fingerprint density at radius 2 is 2.31 bits per heavy atom. The fraction of sp³-hybridized carbons (Fsp3) is 0.250. The molecule has 2 rings (SSSR count). The number of aromatic nitrogens is 3. The number of hydrogen-bond donors (Lipinski definition) is 0. The van der Waals surface area contributed by atoms with E-state index in [2.05, 4.69) is 10.2 Å². The van der Waals surface area contributed by atoms with Crippen LogP contribution in [0.25, 0.3) is 5.65 Å².